The van der Waals surface area contributed by atoms with E-state index < -0.39 is 0 Å². The fraction of sp³-hybridized carbons (Fsp3) is 0.588. The summed E-state index contributed by atoms with van der Waals surface area (Å²) in [6, 6.07) is 5.41. The van der Waals surface area contributed by atoms with E-state index in [1.54, 1.807) is 12.4 Å². The van der Waals surface area contributed by atoms with Crippen molar-refractivity contribution in [1.82, 2.24) is 15.7 Å². The van der Waals surface area contributed by atoms with Gasteiger partial charge in [-0.25, -0.2) is 10.2 Å². The molecule has 0 saturated heterocycles. The van der Waals surface area contributed by atoms with Crippen LogP contribution in [0.5, 0.6) is 0 Å². The first-order valence-electron chi connectivity index (χ1n) is 8.23. The molecule has 1 aromatic heterocycles. The van der Waals surface area contributed by atoms with Gasteiger partial charge in [-0.15, -0.1) is 0 Å². The molecule has 5 nitrogen and oxygen atoms in total. The van der Waals surface area contributed by atoms with E-state index in [0.717, 1.165) is 42.7 Å². The van der Waals surface area contributed by atoms with E-state index in [-0.39, 0.29) is 11.6 Å². The lowest BCUT2D eigenvalue weighted by molar-refractivity contribution is -0.0135. The van der Waals surface area contributed by atoms with Gasteiger partial charge in [-0.05, 0) is 68.4 Å². The molecule has 116 valence electrons. The zero-order valence-electron chi connectivity index (χ0n) is 12.7. The Morgan fingerprint density at radius 1 is 1.18 bits per heavy atom. The first kappa shape index (κ1) is 13.7. The maximum Gasteiger partial charge on any atom is 0.335 e. The Labute approximate surface area is 130 Å². The van der Waals surface area contributed by atoms with E-state index in [9.17, 15) is 4.79 Å². The number of hydrogen-bond acceptors (Lipinski definition) is 3. The number of carbonyl (C=O) groups excluding carboxylic acids is 1. The molecule has 2 N–H and O–H groups in total. The molecule has 5 heteroatoms. The number of pyridine rings is 1. The number of hydrazone groups is 1. The molecule has 4 fully saturated rings. The van der Waals surface area contributed by atoms with Gasteiger partial charge < -0.3 is 5.32 Å². The highest BCUT2D eigenvalue weighted by molar-refractivity contribution is 5.80. The Kier molecular flexibility index (Phi) is 3.36. The standard InChI is InChI=1S/C17H22N4O/c22-16(21-19-11-15-3-1-2-4-18-15)20-17-8-12-5-13(9-17)7-14(6-12)10-17/h1-4,11-14H,5-10H2,(H2,20,21,22)/b19-11-. The van der Waals surface area contributed by atoms with Crippen LogP contribution in [-0.4, -0.2) is 22.8 Å². The molecule has 22 heavy (non-hydrogen) atoms. The molecule has 0 spiro atoms. The van der Waals surface area contributed by atoms with Crippen molar-refractivity contribution in [3.63, 3.8) is 0 Å². The first-order valence-corrected chi connectivity index (χ1v) is 8.23. The second-order valence-electron chi connectivity index (χ2n) is 7.28. The lowest BCUT2D eigenvalue weighted by Crippen LogP contribution is -2.61. The molecule has 2 amide bonds. The van der Waals surface area contributed by atoms with Gasteiger partial charge in [-0.2, -0.15) is 5.10 Å². The predicted octanol–water partition coefficient (Wildman–Crippen LogP) is 2.68. The Hall–Kier alpha value is -1.91. The van der Waals surface area contributed by atoms with Gasteiger partial charge in [0.15, 0.2) is 0 Å². The van der Waals surface area contributed by atoms with Gasteiger partial charge in [0.05, 0.1) is 11.9 Å². The van der Waals surface area contributed by atoms with Gasteiger partial charge in [0.1, 0.15) is 0 Å². The van der Waals surface area contributed by atoms with E-state index in [2.05, 4.69) is 20.8 Å². The van der Waals surface area contributed by atoms with Crippen molar-refractivity contribution in [3.05, 3.63) is 30.1 Å². The highest BCUT2D eigenvalue weighted by atomic mass is 16.2. The van der Waals surface area contributed by atoms with Crippen LogP contribution in [-0.2, 0) is 0 Å². The molecule has 0 radical (unpaired) electrons. The van der Waals surface area contributed by atoms with Crippen LogP contribution in [0, 0.1) is 17.8 Å². The molecule has 4 bridgehead atoms. The zero-order valence-corrected chi connectivity index (χ0v) is 12.7. The Morgan fingerprint density at radius 3 is 2.45 bits per heavy atom. The third-order valence-electron chi connectivity index (χ3n) is 5.47. The molecular weight excluding hydrogens is 276 g/mol. The van der Waals surface area contributed by atoms with Crippen molar-refractivity contribution in [3.8, 4) is 0 Å². The van der Waals surface area contributed by atoms with Crippen LogP contribution < -0.4 is 10.7 Å². The fourth-order valence-electron chi connectivity index (χ4n) is 5.14. The average Bonchev–Trinajstić information content (AvgIpc) is 2.46. The fourth-order valence-corrected chi connectivity index (χ4v) is 5.14. The monoisotopic (exact) mass is 298 g/mol. The molecule has 0 aromatic carbocycles. The third kappa shape index (κ3) is 2.72. The van der Waals surface area contributed by atoms with Gasteiger partial charge >= 0.3 is 6.03 Å². The minimum atomic E-state index is -0.186. The van der Waals surface area contributed by atoms with Crippen LogP contribution in [0.4, 0.5) is 4.79 Å². The molecule has 0 atom stereocenters. The van der Waals surface area contributed by atoms with Crippen LogP contribution in [0.1, 0.15) is 44.2 Å². The van der Waals surface area contributed by atoms with Crippen molar-refractivity contribution in [2.24, 2.45) is 22.9 Å². The number of hydrogen-bond donors (Lipinski definition) is 2. The summed E-state index contributed by atoms with van der Waals surface area (Å²) < 4.78 is 0. The molecule has 4 aliphatic carbocycles. The second kappa shape index (κ2) is 5.38. The molecule has 1 heterocycles. The van der Waals surface area contributed by atoms with Crippen molar-refractivity contribution in [1.29, 1.82) is 0 Å². The van der Waals surface area contributed by atoms with Gasteiger partial charge in [0.2, 0.25) is 0 Å². The maximum atomic E-state index is 12.2. The van der Waals surface area contributed by atoms with E-state index in [4.69, 9.17) is 0 Å². The van der Waals surface area contributed by atoms with Gasteiger partial charge in [-0.1, -0.05) is 6.07 Å². The van der Waals surface area contributed by atoms with E-state index in [0.29, 0.717) is 0 Å². The average molecular weight is 298 g/mol. The van der Waals surface area contributed by atoms with Gasteiger partial charge in [-0.3, -0.25) is 4.98 Å². The normalized spacial score (nSPS) is 35.7. The quantitative estimate of drug-likeness (QED) is 0.665. The smallest absolute Gasteiger partial charge is 0.331 e. The number of rotatable bonds is 3. The Bertz CT molecular complexity index is 548. The summed E-state index contributed by atoms with van der Waals surface area (Å²) in [6.45, 7) is 0. The van der Waals surface area contributed by atoms with Crippen molar-refractivity contribution in [2.45, 2.75) is 44.1 Å². The lowest BCUT2D eigenvalue weighted by Gasteiger charge is -2.56. The van der Waals surface area contributed by atoms with Crippen molar-refractivity contribution >= 4 is 12.2 Å². The van der Waals surface area contributed by atoms with E-state index >= 15 is 0 Å². The van der Waals surface area contributed by atoms with Crippen LogP contribution in [0.15, 0.2) is 29.5 Å². The SMILES string of the molecule is O=C(N/N=C\c1ccccn1)NC12CC3CC(CC(C3)C1)C2. The Morgan fingerprint density at radius 2 is 1.86 bits per heavy atom. The number of urea groups is 1. The zero-order chi connectivity index (χ0) is 15.0. The van der Waals surface area contributed by atoms with Crippen LogP contribution in [0.25, 0.3) is 0 Å². The topological polar surface area (TPSA) is 66.4 Å². The highest BCUT2D eigenvalue weighted by Gasteiger charge is 2.51. The highest BCUT2D eigenvalue weighted by Crippen LogP contribution is 2.55. The number of aromatic nitrogens is 1. The first-order chi connectivity index (χ1) is 10.7. The van der Waals surface area contributed by atoms with Crippen molar-refractivity contribution < 1.29 is 4.79 Å². The van der Waals surface area contributed by atoms with E-state index in [1.165, 1.54) is 19.3 Å². The summed E-state index contributed by atoms with van der Waals surface area (Å²) in [6.07, 6.45) is 10.8. The Balaban J connectivity index is 1.35. The third-order valence-corrected chi connectivity index (χ3v) is 5.47. The number of nitrogens with zero attached hydrogens (tertiary/aromatic N) is 2. The summed E-state index contributed by atoms with van der Waals surface area (Å²) in [5.74, 6) is 2.47. The molecule has 1 aromatic rings. The summed E-state index contributed by atoms with van der Waals surface area (Å²) in [5, 5.41) is 7.22. The summed E-state index contributed by atoms with van der Waals surface area (Å²) >= 11 is 0. The summed E-state index contributed by atoms with van der Waals surface area (Å²) in [7, 11) is 0. The second-order valence-corrected chi connectivity index (χ2v) is 7.28. The minimum Gasteiger partial charge on any atom is -0.331 e. The minimum absolute atomic E-state index is 0.0271. The van der Waals surface area contributed by atoms with E-state index in [1.807, 2.05) is 18.2 Å². The van der Waals surface area contributed by atoms with Gasteiger partial charge in [0, 0.05) is 11.7 Å². The molecular formula is C17H22N4O. The lowest BCUT2D eigenvalue weighted by atomic mass is 9.53. The summed E-state index contributed by atoms with van der Waals surface area (Å²) in [4.78, 5) is 16.3. The molecule has 0 aliphatic heterocycles. The van der Waals surface area contributed by atoms with Crippen molar-refractivity contribution in [2.75, 3.05) is 0 Å². The van der Waals surface area contributed by atoms with Gasteiger partial charge in [0.25, 0.3) is 0 Å². The van der Waals surface area contributed by atoms with Crippen LogP contribution in [0.2, 0.25) is 0 Å². The number of carbonyl (C=O) groups is 1. The predicted molar refractivity (Wildman–Crippen MR) is 84.4 cm³/mol. The van der Waals surface area contributed by atoms with Crippen LogP contribution in [0.3, 0.4) is 0 Å². The maximum absolute atomic E-state index is 12.2. The summed E-state index contributed by atoms with van der Waals surface area (Å²) in [5.41, 5.74) is 3.35. The largest absolute Gasteiger partial charge is 0.335 e. The number of amides is 2. The molecule has 5 rings (SSSR count). The van der Waals surface area contributed by atoms with Crippen LogP contribution >= 0.6 is 0 Å². The molecule has 0 unspecified atom stereocenters. The molecule has 4 aliphatic rings. The molecule has 4 saturated carbocycles. The number of nitrogens with one attached hydrogen (secondary N) is 2.